The molecular weight excluding hydrogens is 252 g/mol. The Morgan fingerprint density at radius 2 is 2.05 bits per heavy atom. The first kappa shape index (κ1) is 15.0. The van der Waals surface area contributed by atoms with Crippen molar-refractivity contribution in [2.45, 2.75) is 51.0 Å². The molecule has 1 aliphatic carbocycles. The monoisotopic (exact) mass is 276 g/mol. The fraction of sp³-hybridized carbons (Fsp3) is 0.588. The van der Waals surface area contributed by atoms with Gasteiger partial charge in [0.25, 0.3) is 0 Å². The smallest absolute Gasteiger partial charge is 0.305 e. The summed E-state index contributed by atoms with van der Waals surface area (Å²) in [6, 6.07) is 10.5. The number of benzene rings is 1. The normalized spacial score (nSPS) is 26.2. The zero-order valence-corrected chi connectivity index (χ0v) is 12.1. The molecule has 0 radical (unpaired) electrons. The van der Waals surface area contributed by atoms with Crippen LogP contribution in [0.5, 0.6) is 0 Å². The number of rotatable bonds is 5. The van der Waals surface area contributed by atoms with Crippen LogP contribution in [0.4, 0.5) is 0 Å². The summed E-state index contributed by atoms with van der Waals surface area (Å²) in [5, 5.41) is 10.1. The van der Waals surface area contributed by atoms with Crippen LogP contribution in [0.1, 0.15) is 50.5 Å². The Labute approximate surface area is 121 Å². The molecule has 3 nitrogen and oxygen atoms in total. The van der Waals surface area contributed by atoms with Crippen LogP contribution in [0.25, 0.3) is 0 Å². The van der Waals surface area contributed by atoms with E-state index in [-0.39, 0.29) is 18.0 Å². The summed E-state index contributed by atoms with van der Waals surface area (Å²) in [5.74, 6) is 0.562. The SMILES string of the molecule is CCOC(=O)CCC1CC(c2ccccc2)CCC1O. The van der Waals surface area contributed by atoms with E-state index in [4.69, 9.17) is 4.74 Å². The van der Waals surface area contributed by atoms with Gasteiger partial charge in [0.15, 0.2) is 0 Å². The van der Waals surface area contributed by atoms with Gasteiger partial charge in [-0.2, -0.15) is 0 Å². The number of hydrogen-bond acceptors (Lipinski definition) is 3. The van der Waals surface area contributed by atoms with Gasteiger partial charge in [-0.1, -0.05) is 30.3 Å². The van der Waals surface area contributed by atoms with Gasteiger partial charge in [-0.25, -0.2) is 0 Å². The third kappa shape index (κ3) is 4.07. The third-order valence-corrected chi connectivity index (χ3v) is 4.24. The molecule has 0 spiro atoms. The minimum Gasteiger partial charge on any atom is -0.466 e. The van der Waals surface area contributed by atoms with E-state index in [1.165, 1.54) is 5.56 Å². The van der Waals surface area contributed by atoms with Crippen molar-refractivity contribution in [2.75, 3.05) is 6.61 Å². The highest BCUT2D eigenvalue weighted by Crippen LogP contribution is 2.38. The van der Waals surface area contributed by atoms with Gasteiger partial charge in [-0.05, 0) is 50.0 Å². The summed E-state index contributed by atoms with van der Waals surface area (Å²) in [6.07, 6.45) is 3.68. The molecule has 0 aliphatic heterocycles. The van der Waals surface area contributed by atoms with E-state index < -0.39 is 0 Å². The van der Waals surface area contributed by atoms with Crippen LogP contribution in [0.15, 0.2) is 30.3 Å². The number of esters is 1. The molecule has 2 rings (SSSR count). The van der Waals surface area contributed by atoms with Gasteiger partial charge in [0.05, 0.1) is 12.7 Å². The maximum Gasteiger partial charge on any atom is 0.305 e. The van der Waals surface area contributed by atoms with Crippen molar-refractivity contribution in [1.29, 1.82) is 0 Å². The fourth-order valence-electron chi connectivity index (χ4n) is 3.12. The van der Waals surface area contributed by atoms with E-state index in [0.29, 0.717) is 18.9 Å². The van der Waals surface area contributed by atoms with Crippen molar-refractivity contribution in [3.8, 4) is 0 Å². The third-order valence-electron chi connectivity index (χ3n) is 4.24. The second-order valence-corrected chi connectivity index (χ2v) is 5.59. The topological polar surface area (TPSA) is 46.5 Å². The molecule has 3 atom stereocenters. The van der Waals surface area contributed by atoms with Crippen LogP contribution >= 0.6 is 0 Å². The molecule has 1 N–H and O–H groups in total. The minimum atomic E-state index is -0.274. The average Bonchev–Trinajstić information content (AvgIpc) is 2.47. The lowest BCUT2D eigenvalue weighted by Gasteiger charge is -2.33. The molecule has 1 saturated carbocycles. The molecule has 1 aromatic carbocycles. The molecule has 1 aromatic rings. The van der Waals surface area contributed by atoms with Gasteiger partial charge in [-0.15, -0.1) is 0 Å². The molecule has 20 heavy (non-hydrogen) atoms. The fourth-order valence-corrected chi connectivity index (χ4v) is 3.12. The molecule has 1 fully saturated rings. The van der Waals surface area contributed by atoms with Crippen LogP contribution in [0, 0.1) is 5.92 Å². The zero-order valence-electron chi connectivity index (χ0n) is 12.1. The van der Waals surface area contributed by atoms with E-state index >= 15 is 0 Å². The number of carbonyl (C=O) groups excluding carboxylic acids is 1. The molecule has 1 aliphatic rings. The van der Waals surface area contributed by atoms with Crippen molar-refractivity contribution in [3.63, 3.8) is 0 Å². The van der Waals surface area contributed by atoms with E-state index in [9.17, 15) is 9.90 Å². The first-order chi connectivity index (χ1) is 9.70. The van der Waals surface area contributed by atoms with Crippen molar-refractivity contribution in [2.24, 2.45) is 5.92 Å². The van der Waals surface area contributed by atoms with Crippen LogP contribution in [-0.2, 0) is 9.53 Å². The summed E-state index contributed by atoms with van der Waals surface area (Å²) < 4.78 is 4.96. The highest BCUT2D eigenvalue weighted by molar-refractivity contribution is 5.69. The van der Waals surface area contributed by atoms with E-state index in [0.717, 1.165) is 25.7 Å². The zero-order chi connectivity index (χ0) is 14.4. The van der Waals surface area contributed by atoms with Crippen LogP contribution in [0.2, 0.25) is 0 Å². The first-order valence-electron chi connectivity index (χ1n) is 7.59. The summed E-state index contributed by atoms with van der Waals surface area (Å²) in [4.78, 5) is 11.4. The van der Waals surface area contributed by atoms with Crippen molar-refractivity contribution >= 4 is 5.97 Å². The molecule has 0 amide bonds. The number of hydrogen-bond donors (Lipinski definition) is 1. The van der Waals surface area contributed by atoms with Crippen LogP contribution in [0.3, 0.4) is 0 Å². The molecule has 0 bridgehead atoms. The number of aliphatic hydroxyl groups is 1. The van der Waals surface area contributed by atoms with E-state index in [1.54, 1.807) is 0 Å². The highest BCUT2D eigenvalue weighted by atomic mass is 16.5. The van der Waals surface area contributed by atoms with Crippen molar-refractivity contribution < 1.29 is 14.6 Å². The Balaban J connectivity index is 1.90. The molecule has 3 unspecified atom stereocenters. The predicted octanol–water partition coefficient (Wildman–Crippen LogP) is 3.27. The predicted molar refractivity (Wildman–Crippen MR) is 78.4 cm³/mol. The Morgan fingerprint density at radius 3 is 2.75 bits per heavy atom. The lowest BCUT2D eigenvalue weighted by atomic mass is 9.75. The molecule has 0 heterocycles. The summed E-state index contributed by atoms with van der Waals surface area (Å²) in [7, 11) is 0. The van der Waals surface area contributed by atoms with Gasteiger partial charge in [0.1, 0.15) is 0 Å². The molecular formula is C17H24O3. The average molecular weight is 276 g/mol. The number of aliphatic hydroxyl groups excluding tert-OH is 1. The summed E-state index contributed by atoms with van der Waals surface area (Å²) >= 11 is 0. The van der Waals surface area contributed by atoms with Gasteiger partial charge >= 0.3 is 5.97 Å². The number of carbonyl (C=O) groups is 1. The van der Waals surface area contributed by atoms with Crippen LogP contribution in [-0.4, -0.2) is 23.8 Å². The lowest BCUT2D eigenvalue weighted by Crippen LogP contribution is -2.29. The summed E-state index contributed by atoms with van der Waals surface area (Å²) in [6.45, 7) is 2.25. The Hall–Kier alpha value is -1.35. The quantitative estimate of drug-likeness (QED) is 0.840. The van der Waals surface area contributed by atoms with Crippen molar-refractivity contribution in [3.05, 3.63) is 35.9 Å². The molecule has 3 heteroatoms. The van der Waals surface area contributed by atoms with Gasteiger partial charge in [0.2, 0.25) is 0 Å². The minimum absolute atomic E-state index is 0.151. The van der Waals surface area contributed by atoms with Crippen molar-refractivity contribution in [1.82, 2.24) is 0 Å². The number of ether oxygens (including phenoxy) is 1. The molecule has 110 valence electrons. The first-order valence-corrected chi connectivity index (χ1v) is 7.59. The standard InChI is InChI=1S/C17H24O3/c1-2-20-17(19)11-9-15-12-14(8-10-16(15)18)13-6-4-3-5-7-13/h3-7,14-16,18H,2,8-12H2,1H3. The highest BCUT2D eigenvalue weighted by Gasteiger charge is 2.30. The van der Waals surface area contributed by atoms with Gasteiger partial charge in [0, 0.05) is 6.42 Å². The molecule has 0 saturated heterocycles. The Morgan fingerprint density at radius 1 is 1.30 bits per heavy atom. The summed E-state index contributed by atoms with van der Waals surface area (Å²) in [5.41, 5.74) is 1.35. The van der Waals surface area contributed by atoms with Crippen LogP contribution < -0.4 is 0 Å². The molecule has 0 aromatic heterocycles. The van der Waals surface area contributed by atoms with Gasteiger partial charge < -0.3 is 9.84 Å². The van der Waals surface area contributed by atoms with E-state index in [2.05, 4.69) is 24.3 Å². The maximum atomic E-state index is 11.4. The van der Waals surface area contributed by atoms with E-state index in [1.807, 2.05) is 13.0 Å². The largest absolute Gasteiger partial charge is 0.466 e. The second-order valence-electron chi connectivity index (χ2n) is 5.59. The Kier molecular flexibility index (Phi) is 5.60. The lowest BCUT2D eigenvalue weighted by molar-refractivity contribution is -0.143. The Bertz CT molecular complexity index is 416. The second kappa shape index (κ2) is 7.44. The van der Waals surface area contributed by atoms with Gasteiger partial charge in [-0.3, -0.25) is 4.79 Å². The maximum absolute atomic E-state index is 11.4.